The highest BCUT2D eigenvalue weighted by Crippen LogP contribution is 2.44. The minimum Gasteiger partial charge on any atom is -0.500 e. The predicted octanol–water partition coefficient (Wildman–Crippen LogP) is 5.47. The number of esters is 1. The van der Waals surface area contributed by atoms with Crippen LogP contribution >= 0.6 is 0 Å². The summed E-state index contributed by atoms with van der Waals surface area (Å²) in [4.78, 5) is 28.3. The molecule has 200 valence electrons. The SMILES string of the molecule is O=C(CCCCCCCCCCCCCCC(=O)On1c(O)c(O)c(O)c1O)OCc1ccccc1. The first-order valence-corrected chi connectivity index (χ1v) is 12.9. The Kier molecular flexibility index (Phi) is 13.1. The molecular formula is C27H39NO8. The molecule has 9 nitrogen and oxygen atoms in total. The quantitative estimate of drug-likeness (QED) is 0.154. The van der Waals surface area contributed by atoms with Gasteiger partial charge in [0.1, 0.15) is 6.61 Å². The zero-order valence-corrected chi connectivity index (χ0v) is 20.9. The molecule has 2 aromatic rings. The van der Waals surface area contributed by atoms with Gasteiger partial charge in [0.15, 0.2) is 0 Å². The third-order valence-corrected chi connectivity index (χ3v) is 5.98. The standard InChI is InChI=1S/C27H39NO8/c29-22(35-20-21-16-12-11-13-17-21)18-14-9-7-5-3-1-2-4-6-8-10-15-19-23(30)36-28-26(33)24(31)25(32)27(28)34/h11-13,16-17,31-34H,1-10,14-15,18-20H2. The van der Waals surface area contributed by atoms with E-state index in [1.807, 2.05) is 30.3 Å². The summed E-state index contributed by atoms with van der Waals surface area (Å²) in [6.45, 7) is 0.343. The van der Waals surface area contributed by atoms with Crippen LogP contribution in [0.2, 0.25) is 0 Å². The molecule has 0 unspecified atom stereocenters. The number of carbonyl (C=O) groups is 2. The number of aromatic hydroxyl groups is 4. The largest absolute Gasteiger partial charge is 0.500 e. The molecule has 1 aromatic heterocycles. The second-order valence-electron chi connectivity index (χ2n) is 8.99. The monoisotopic (exact) mass is 505 g/mol. The van der Waals surface area contributed by atoms with Gasteiger partial charge in [0.25, 0.3) is 11.8 Å². The highest BCUT2D eigenvalue weighted by atomic mass is 16.7. The van der Waals surface area contributed by atoms with Crippen molar-refractivity contribution in [3.8, 4) is 23.3 Å². The first-order chi connectivity index (χ1) is 17.4. The molecule has 0 saturated carbocycles. The molecule has 0 spiro atoms. The van der Waals surface area contributed by atoms with E-state index >= 15 is 0 Å². The summed E-state index contributed by atoms with van der Waals surface area (Å²) in [6, 6.07) is 9.70. The number of hydrogen-bond acceptors (Lipinski definition) is 8. The van der Waals surface area contributed by atoms with E-state index in [1.165, 1.54) is 25.7 Å². The molecule has 9 heteroatoms. The third-order valence-electron chi connectivity index (χ3n) is 5.98. The molecule has 0 bridgehead atoms. The molecule has 4 N–H and O–H groups in total. The molecule has 0 aliphatic carbocycles. The second-order valence-corrected chi connectivity index (χ2v) is 8.99. The van der Waals surface area contributed by atoms with Crippen molar-refractivity contribution in [3.05, 3.63) is 35.9 Å². The van der Waals surface area contributed by atoms with Crippen molar-refractivity contribution in [2.45, 2.75) is 96.5 Å². The summed E-state index contributed by atoms with van der Waals surface area (Å²) in [5, 5.41) is 37.6. The van der Waals surface area contributed by atoms with Gasteiger partial charge in [-0.05, 0) is 18.4 Å². The van der Waals surface area contributed by atoms with Crippen molar-refractivity contribution in [2.24, 2.45) is 0 Å². The lowest BCUT2D eigenvalue weighted by Crippen LogP contribution is -2.18. The van der Waals surface area contributed by atoms with E-state index in [0.717, 1.165) is 50.5 Å². The lowest BCUT2D eigenvalue weighted by molar-refractivity contribution is -0.146. The molecule has 0 radical (unpaired) electrons. The molecule has 0 aliphatic rings. The number of nitrogens with zero attached hydrogens (tertiary/aromatic N) is 1. The predicted molar refractivity (Wildman–Crippen MR) is 134 cm³/mol. The summed E-state index contributed by atoms with van der Waals surface area (Å²) in [5.74, 6) is -4.57. The van der Waals surface area contributed by atoms with E-state index in [0.29, 0.717) is 24.2 Å². The number of aromatic nitrogens is 1. The van der Waals surface area contributed by atoms with Gasteiger partial charge in [-0.3, -0.25) is 4.79 Å². The first-order valence-electron chi connectivity index (χ1n) is 12.9. The summed E-state index contributed by atoms with van der Waals surface area (Å²) >= 11 is 0. The van der Waals surface area contributed by atoms with Gasteiger partial charge in [0.2, 0.25) is 11.5 Å². The Labute approximate surface area is 212 Å². The van der Waals surface area contributed by atoms with Crippen molar-refractivity contribution < 1.29 is 39.6 Å². The molecule has 0 aliphatic heterocycles. The summed E-state index contributed by atoms with van der Waals surface area (Å²) < 4.78 is 5.59. The minimum absolute atomic E-state index is 0.101. The molecule has 36 heavy (non-hydrogen) atoms. The van der Waals surface area contributed by atoms with Gasteiger partial charge >= 0.3 is 11.9 Å². The normalized spacial score (nSPS) is 10.9. The highest BCUT2D eigenvalue weighted by molar-refractivity contribution is 5.70. The topological polar surface area (TPSA) is 138 Å². The van der Waals surface area contributed by atoms with Crippen molar-refractivity contribution in [1.29, 1.82) is 0 Å². The molecule has 2 rings (SSSR count). The maximum absolute atomic E-state index is 11.8. The Morgan fingerprint density at radius 1 is 0.611 bits per heavy atom. The third kappa shape index (κ3) is 10.5. The number of unbranched alkanes of at least 4 members (excludes halogenated alkanes) is 11. The molecule has 0 saturated heterocycles. The molecule has 0 atom stereocenters. The summed E-state index contributed by atoms with van der Waals surface area (Å²) in [6.07, 6.45) is 13.2. The van der Waals surface area contributed by atoms with Gasteiger partial charge in [0, 0.05) is 12.8 Å². The minimum atomic E-state index is -0.947. The Bertz CT molecular complexity index is 900. The van der Waals surface area contributed by atoms with Crippen molar-refractivity contribution in [1.82, 2.24) is 4.73 Å². The number of carbonyl (C=O) groups excluding carboxylic acids is 2. The first kappa shape index (κ1) is 28.9. The highest BCUT2D eigenvalue weighted by Gasteiger charge is 2.24. The van der Waals surface area contributed by atoms with Gasteiger partial charge in [-0.15, -0.1) is 0 Å². The van der Waals surface area contributed by atoms with Gasteiger partial charge in [-0.2, -0.15) is 0 Å². The number of ether oxygens (including phenoxy) is 1. The van der Waals surface area contributed by atoms with Crippen LogP contribution < -0.4 is 4.84 Å². The van der Waals surface area contributed by atoms with Crippen LogP contribution in [0.25, 0.3) is 0 Å². The van der Waals surface area contributed by atoms with E-state index in [4.69, 9.17) is 9.57 Å². The maximum atomic E-state index is 11.8. The zero-order chi connectivity index (χ0) is 26.2. The average Bonchev–Trinajstić information content (AvgIpc) is 3.06. The van der Waals surface area contributed by atoms with Crippen LogP contribution in [-0.2, 0) is 20.9 Å². The number of hydrogen-bond donors (Lipinski definition) is 4. The van der Waals surface area contributed by atoms with Gasteiger partial charge in [-0.1, -0.05) is 99.3 Å². The van der Waals surface area contributed by atoms with Gasteiger partial charge < -0.3 is 30.0 Å². The van der Waals surface area contributed by atoms with Crippen molar-refractivity contribution >= 4 is 11.9 Å². The van der Waals surface area contributed by atoms with Crippen LogP contribution in [-0.4, -0.2) is 37.1 Å². The number of rotatable bonds is 18. The van der Waals surface area contributed by atoms with Gasteiger partial charge in [0.05, 0.1) is 0 Å². The molecule has 1 heterocycles. The molecule has 0 fully saturated rings. The van der Waals surface area contributed by atoms with E-state index < -0.39 is 29.2 Å². The van der Waals surface area contributed by atoms with Crippen molar-refractivity contribution in [2.75, 3.05) is 0 Å². The Morgan fingerprint density at radius 2 is 1.03 bits per heavy atom. The van der Waals surface area contributed by atoms with Crippen LogP contribution in [0.5, 0.6) is 23.3 Å². The second kappa shape index (κ2) is 16.3. The average molecular weight is 506 g/mol. The maximum Gasteiger partial charge on any atom is 0.333 e. The zero-order valence-electron chi connectivity index (χ0n) is 20.9. The van der Waals surface area contributed by atoms with Crippen LogP contribution in [0, 0.1) is 0 Å². The van der Waals surface area contributed by atoms with E-state index in [-0.39, 0.29) is 12.4 Å². The molecular weight excluding hydrogens is 466 g/mol. The molecule has 0 amide bonds. The Balaban J connectivity index is 1.35. The molecule has 1 aromatic carbocycles. The fourth-order valence-electron chi connectivity index (χ4n) is 3.86. The van der Waals surface area contributed by atoms with E-state index in [2.05, 4.69) is 0 Å². The van der Waals surface area contributed by atoms with Crippen LogP contribution in [0.3, 0.4) is 0 Å². The van der Waals surface area contributed by atoms with Crippen LogP contribution in [0.4, 0.5) is 0 Å². The van der Waals surface area contributed by atoms with Crippen LogP contribution in [0.1, 0.15) is 95.5 Å². The van der Waals surface area contributed by atoms with E-state index in [1.54, 1.807) is 0 Å². The lowest BCUT2D eigenvalue weighted by atomic mass is 10.0. The fourth-order valence-corrected chi connectivity index (χ4v) is 3.86. The van der Waals surface area contributed by atoms with Crippen molar-refractivity contribution in [3.63, 3.8) is 0 Å². The Morgan fingerprint density at radius 3 is 1.50 bits per heavy atom. The smallest absolute Gasteiger partial charge is 0.333 e. The fraction of sp³-hybridized carbons (Fsp3) is 0.556. The van der Waals surface area contributed by atoms with Gasteiger partial charge in [-0.25, -0.2) is 4.79 Å². The summed E-state index contributed by atoms with van der Waals surface area (Å²) in [5.41, 5.74) is 1.01. The van der Waals surface area contributed by atoms with Crippen LogP contribution in [0.15, 0.2) is 30.3 Å². The number of benzene rings is 1. The lowest BCUT2D eigenvalue weighted by Gasteiger charge is -2.06. The summed E-state index contributed by atoms with van der Waals surface area (Å²) in [7, 11) is 0. The Hall–Kier alpha value is -3.36. The van der Waals surface area contributed by atoms with E-state index in [9.17, 15) is 30.0 Å².